The van der Waals surface area contributed by atoms with Crippen LogP contribution in [0, 0.1) is 6.92 Å². The predicted octanol–water partition coefficient (Wildman–Crippen LogP) is 9.90. The molecule has 0 radical (unpaired) electrons. The van der Waals surface area contributed by atoms with E-state index in [1.165, 1.54) is 17.2 Å². The number of carbonyl (C=O) groups is 2. The molecule has 6 rings (SSSR count). The molecule has 0 amide bonds. The lowest BCUT2D eigenvalue weighted by atomic mass is 10.1. The Labute approximate surface area is 326 Å². The van der Waals surface area contributed by atoms with Gasteiger partial charge in [0.15, 0.2) is 0 Å². The van der Waals surface area contributed by atoms with Crippen molar-refractivity contribution < 1.29 is 32.2 Å². The van der Waals surface area contributed by atoms with E-state index in [9.17, 15) is 22.8 Å². The van der Waals surface area contributed by atoms with Crippen molar-refractivity contribution in [1.29, 1.82) is 0 Å². The lowest BCUT2D eigenvalue weighted by molar-refractivity contribution is -0.137. The first-order valence-corrected chi connectivity index (χ1v) is 19.6. The van der Waals surface area contributed by atoms with E-state index in [4.69, 9.17) is 9.47 Å². The van der Waals surface area contributed by atoms with Gasteiger partial charge < -0.3 is 19.7 Å². The third kappa shape index (κ3) is 9.78. The van der Waals surface area contributed by atoms with Gasteiger partial charge in [-0.2, -0.15) is 23.4 Å². The van der Waals surface area contributed by atoms with Gasteiger partial charge in [0, 0.05) is 25.0 Å². The third-order valence-electron chi connectivity index (χ3n) is 8.40. The lowest BCUT2D eigenvalue weighted by Crippen LogP contribution is -2.23. The summed E-state index contributed by atoms with van der Waals surface area (Å²) in [5.41, 5.74) is 3.30. The summed E-state index contributed by atoms with van der Waals surface area (Å²) in [4.78, 5) is 26.0. The zero-order valence-electron chi connectivity index (χ0n) is 29.6. The van der Waals surface area contributed by atoms with Gasteiger partial charge >= 0.3 is 18.1 Å². The first-order chi connectivity index (χ1) is 24.8. The maximum Gasteiger partial charge on any atom is 0.416 e. The largest absolute Gasteiger partial charge is 0.462 e. The molecule has 52 heavy (non-hydrogen) atoms. The van der Waals surface area contributed by atoms with Crippen LogP contribution in [-0.4, -0.2) is 57.8 Å². The van der Waals surface area contributed by atoms with Crippen molar-refractivity contribution in [1.82, 2.24) is 19.6 Å². The second-order valence-corrected chi connectivity index (χ2v) is 14.1. The molecular weight excluding hydrogens is 877 g/mol. The topological polar surface area (TPSA) is 104 Å². The Balaban J connectivity index is 0.000000203. The number of benzene rings is 2. The highest BCUT2D eigenvalue weighted by molar-refractivity contribution is 9.10. The minimum atomic E-state index is -4.39. The van der Waals surface area contributed by atoms with Crippen LogP contribution in [0.4, 0.5) is 24.8 Å². The Kier molecular flexibility index (Phi) is 14.8. The number of ether oxygens (including phenoxy) is 2. The van der Waals surface area contributed by atoms with Crippen LogP contribution in [0.2, 0.25) is 0 Å². The molecule has 1 N–H and O–H groups in total. The smallest absolute Gasteiger partial charge is 0.416 e. The summed E-state index contributed by atoms with van der Waals surface area (Å²) >= 11 is 10.0. The number of esters is 2. The van der Waals surface area contributed by atoms with Crippen LogP contribution in [0.1, 0.15) is 95.6 Å². The van der Waals surface area contributed by atoms with Crippen LogP contribution in [0.15, 0.2) is 57.7 Å². The molecule has 2 aliphatic heterocycles. The number of carbonyl (C=O) groups excluding carboxylic acids is 2. The molecule has 16 heteroatoms. The van der Waals surface area contributed by atoms with Crippen molar-refractivity contribution in [3.05, 3.63) is 91.1 Å². The molecule has 2 atom stereocenters. The molecule has 0 saturated carbocycles. The van der Waals surface area contributed by atoms with Crippen LogP contribution >= 0.6 is 47.8 Å². The summed E-state index contributed by atoms with van der Waals surface area (Å²) in [6.07, 6.45) is -2.63. The van der Waals surface area contributed by atoms with Crippen LogP contribution in [-0.2, 0) is 27.5 Å². The molecule has 0 aliphatic carbocycles. The van der Waals surface area contributed by atoms with E-state index in [0.29, 0.717) is 50.9 Å². The summed E-state index contributed by atoms with van der Waals surface area (Å²) < 4.78 is 53.7. The Morgan fingerprint density at radius 3 is 2.04 bits per heavy atom. The van der Waals surface area contributed by atoms with Crippen molar-refractivity contribution in [2.45, 2.75) is 77.6 Å². The molecule has 4 aromatic rings. The highest BCUT2D eigenvalue weighted by atomic mass is 79.9. The molecule has 10 nitrogen and oxygen atoms in total. The molecular formula is C36H42Br3F3N6O4. The van der Waals surface area contributed by atoms with Crippen LogP contribution in [0.5, 0.6) is 0 Å². The van der Waals surface area contributed by atoms with Gasteiger partial charge in [-0.1, -0.05) is 71.7 Å². The Morgan fingerprint density at radius 1 is 0.865 bits per heavy atom. The number of hydrogen-bond acceptors (Lipinski definition) is 8. The summed E-state index contributed by atoms with van der Waals surface area (Å²) in [7, 11) is 0. The van der Waals surface area contributed by atoms with Gasteiger partial charge in [-0.25, -0.2) is 19.0 Å². The number of hydrogen-bond donors (Lipinski definition) is 1. The summed E-state index contributed by atoms with van der Waals surface area (Å²) in [6.45, 7) is 11.9. The van der Waals surface area contributed by atoms with E-state index in [0.717, 1.165) is 42.7 Å². The van der Waals surface area contributed by atoms with Gasteiger partial charge in [-0.15, -0.1) is 0 Å². The predicted molar refractivity (Wildman–Crippen MR) is 205 cm³/mol. The van der Waals surface area contributed by atoms with Crippen LogP contribution < -0.4 is 10.2 Å². The van der Waals surface area contributed by atoms with Crippen molar-refractivity contribution in [2.75, 3.05) is 36.5 Å². The zero-order valence-corrected chi connectivity index (χ0v) is 34.3. The van der Waals surface area contributed by atoms with E-state index in [-0.39, 0.29) is 25.2 Å². The molecule has 2 aromatic carbocycles. The monoisotopic (exact) mass is 916 g/mol. The quantitative estimate of drug-likeness (QED) is 0.131. The molecule has 0 bridgehead atoms. The number of aromatic nitrogens is 4. The average molecular weight is 919 g/mol. The second kappa shape index (κ2) is 18.6. The number of rotatable bonds is 9. The standard InChI is InChI=1S/C18H19BrF3N3O2.C10H14BrN3O2.C8H9Br/c1-3-13-10-24(9-11-6-5-7-12(8-11)18(20,21)22)16-14(17(26)27-4-2)15(19)23-25(13)16;1-3-6-5-12-9-7(10(15)16-4-2)8(11)13-14(6)9;1-7-3-2-4-8(5-7)6-9/h5-8,13H,3-4,9-10H2,1-2H3;6,12H,3-5H2,1-2H3;2-5H,6H2,1H3/t13-;6-;/m11./s1. The maximum absolute atomic E-state index is 13.0. The van der Waals surface area contributed by atoms with Crippen LogP contribution in [0.25, 0.3) is 0 Å². The van der Waals surface area contributed by atoms with Crippen molar-refractivity contribution in [2.24, 2.45) is 0 Å². The highest BCUT2D eigenvalue weighted by Gasteiger charge is 2.37. The second-order valence-electron chi connectivity index (χ2n) is 12.0. The number of aryl methyl sites for hydroxylation is 1. The van der Waals surface area contributed by atoms with E-state index in [1.807, 2.05) is 16.5 Å². The third-order valence-corrected chi connectivity index (χ3v) is 10.2. The average Bonchev–Trinajstić information content (AvgIpc) is 3.84. The fourth-order valence-electron chi connectivity index (χ4n) is 5.90. The Hall–Kier alpha value is -3.37. The molecule has 4 heterocycles. The first kappa shape index (κ1) is 41.4. The summed E-state index contributed by atoms with van der Waals surface area (Å²) in [5, 5.41) is 12.9. The fourth-order valence-corrected chi connectivity index (χ4v) is 7.28. The zero-order chi connectivity index (χ0) is 38.2. The Bertz CT molecular complexity index is 1850. The normalized spacial score (nSPS) is 15.8. The number of anilines is 2. The van der Waals surface area contributed by atoms with Crippen molar-refractivity contribution in [3.8, 4) is 0 Å². The van der Waals surface area contributed by atoms with Gasteiger partial charge in [0.1, 0.15) is 32.0 Å². The maximum atomic E-state index is 13.0. The number of nitrogens with zero attached hydrogens (tertiary/aromatic N) is 5. The van der Waals surface area contributed by atoms with E-state index in [2.05, 4.69) is 101 Å². The van der Waals surface area contributed by atoms with Gasteiger partial charge in [0.05, 0.1) is 30.9 Å². The van der Waals surface area contributed by atoms with Gasteiger partial charge in [-0.3, -0.25) is 0 Å². The highest BCUT2D eigenvalue weighted by Crippen LogP contribution is 2.39. The minimum Gasteiger partial charge on any atom is -0.462 e. The SMILES string of the molecule is CCOC(=O)c1c(Br)nn2c1N(Cc1cccc(C(F)(F)F)c1)C[C@H]2CC.CCOC(=O)c1c(Br)nn2c1NC[C@H]2CC.Cc1cccc(CBr)c1. The van der Waals surface area contributed by atoms with Gasteiger partial charge in [-0.05, 0) is 88.7 Å². The molecule has 2 aliphatic rings. The van der Waals surface area contributed by atoms with E-state index < -0.39 is 17.7 Å². The van der Waals surface area contributed by atoms with Crippen molar-refractivity contribution >= 4 is 71.4 Å². The Morgan fingerprint density at radius 2 is 1.46 bits per heavy atom. The lowest BCUT2D eigenvalue weighted by Gasteiger charge is -2.20. The first-order valence-electron chi connectivity index (χ1n) is 16.9. The minimum absolute atomic E-state index is 0.0327. The van der Waals surface area contributed by atoms with Crippen LogP contribution in [0.3, 0.4) is 0 Å². The number of fused-ring (bicyclic) bond motifs is 2. The molecule has 0 fully saturated rings. The van der Waals surface area contributed by atoms with Crippen molar-refractivity contribution in [3.63, 3.8) is 0 Å². The molecule has 282 valence electrons. The summed E-state index contributed by atoms with van der Waals surface area (Å²) in [6, 6.07) is 14.0. The van der Waals surface area contributed by atoms with Gasteiger partial charge in [0.25, 0.3) is 0 Å². The van der Waals surface area contributed by atoms with Gasteiger partial charge in [0.2, 0.25) is 0 Å². The molecule has 0 unspecified atom stereocenters. The molecule has 2 aromatic heterocycles. The van der Waals surface area contributed by atoms with E-state index >= 15 is 0 Å². The molecule has 0 spiro atoms. The number of halogens is 6. The number of nitrogens with one attached hydrogen (secondary N) is 1. The molecule has 0 saturated heterocycles. The number of alkyl halides is 4. The van der Waals surface area contributed by atoms with E-state index in [1.54, 1.807) is 24.6 Å². The fraction of sp³-hybridized carbons (Fsp3) is 0.444. The summed E-state index contributed by atoms with van der Waals surface area (Å²) in [5.74, 6) is 0.498.